The number of nitrogens with one attached hydrogen (secondary N) is 2. The van der Waals surface area contributed by atoms with E-state index in [0.717, 1.165) is 11.1 Å². The van der Waals surface area contributed by atoms with Gasteiger partial charge in [0.15, 0.2) is 16.3 Å². The summed E-state index contributed by atoms with van der Waals surface area (Å²) in [5, 5.41) is 6.50. The third-order valence-electron chi connectivity index (χ3n) is 4.23. The second-order valence-corrected chi connectivity index (χ2v) is 7.53. The monoisotopic (exact) mass is 456 g/mol. The lowest BCUT2D eigenvalue weighted by Gasteiger charge is -2.10. The van der Waals surface area contributed by atoms with E-state index in [-0.39, 0.29) is 11.0 Å². The fraction of sp³-hybridized carbons (Fsp3) is 0.0476. The summed E-state index contributed by atoms with van der Waals surface area (Å²) >= 11 is 17.0. The molecule has 0 aliphatic heterocycles. The Morgan fingerprint density at radius 2 is 1.87 bits per heavy atom. The molecule has 4 aromatic rings. The van der Waals surface area contributed by atoms with Crippen LogP contribution >= 0.6 is 35.4 Å². The number of hydrogen-bond acceptors (Lipinski definition) is 5. The second kappa shape index (κ2) is 8.79. The molecular formula is C21H14Cl2N4O2S. The zero-order valence-electron chi connectivity index (χ0n) is 15.4. The van der Waals surface area contributed by atoms with Crippen LogP contribution in [0.3, 0.4) is 0 Å². The molecule has 0 radical (unpaired) electrons. The molecule has 30 heavy (non-hydrogen) atoms. The van der Waals surface area contributed by atoms with Gasteiger partial charge < -0.3 is 9.73 Å². The molecule has 150 valence electrons. The van der Waals surface area contributed by atoms with E-state index in [2.05, 4.69) is 20.6 Å². The molecule has 9 heteroatoms. The Morgan fingerprint density at radius 3 is 2.60 bits per heavy atom. The first kappa shape index (κ1) is 20.3. The maximum absolute atomic E-state index is 12.2. The number of fused-ring (bicyclic) bond motifs is 1. The molecule has 0 saturated carbocycles. The molecule has 2 heterocycles. The van der Waals surface area contributed by atoms with Crippen molar-refractivity contribution in [1.29, 1.82) is 0 Å². The van der Waals surface area contributed by atoms with Crippen LogP contribution in [0.25, 0.3) is 22.7 Å². The summed E-state index contributed by atoms with van der Waals surface area (Å²) in [5.74, 6) is 0.138. The van der Waals surface area contributed by atoms with Crippen LogP contribution in [-0.2, 0) is 6.54 Å². The van der Waals surface area contributed by atoms with Crippen LogP contribution in [0.5, 0.6) is 0 Å². The van der Waals surface area contributed by atoms with E-state index >= 15 is 0 Å². The van der Waals surface area contributed by atoms with Crippen LogP contribution < -0.4 is 10.6 Å². The molecule has 0 unspecified atom stereocenters. The number of rotatable bonds is 4. The topological polar surface area (TPSA) is 80.0 Å². The average molecular weight is 457 g/mol. The van der Waals surface area contributed by atoms with E-state index in [9.17, 15) is 4.79 Å². The fourth-order valence-corrected chi connectivity index (χ4v) is 3.16. The minimum absolute atomic E-state index is 0.208. The second-order valence-electron chi connectivity index (χ2n) is 6.31. The number of oxazole rings is 1. The van der Waals surface area contributed by atoms with E-state index < -0.39 is 0 Å². The SMILES string of the molecule is O=C(NC(=S)NCc1ccc(-c2nc3ncccc3o2)cc1)c1ccc(Cl)c(Cl)c1. The Kier molecular flexibility index (Phi) is 5.94. The van der Waals surface area contributed by atoms with Gasteiger partial charge >= 0.3 is 0 Å². The number of carbonyl (C=O) groups excluding carboxylic acids is 1. The summed E-state index contributed by atoms with van der Waals surface area (Å²) in [5.41, 5.74) is 3.39. The van der Waals surface area contributed by atoms with Crippen molar-refractivity contribution in [3.05, 3.63) is 82.0 Å². The summed E-state index contributed by atoms with van der Waals surface area (Å²) < 4.78 is 5.72. The Labute approximate surface area is 187 Å². The van der Waals surface area contributed by atoms with Crippen molar-refractivity contribution in [2.24, 2.45) is 0 Å². The van der Waals surface area contributed by atoms with Gasteiger partial charge in [0.2, 0.25) is 5.89 Å². The van der Waals surface area contributed by atoms with Crippen LogP contribution in [0.4, 0.5) is 0 Å². The zero-order chi connectivity index (χ0) is 21.1. The van der Waals surface area contributed by atoms with Crippen LogP contribution in [-0.4, -0.2) is 21.0 Å². The van der Waals surface area contributed by atoms with Crippen LogP contribution in [0.1, 0.15) is 15.9 Å². The van der Waals surface area contributed by atoms with E-state index in [0.29, 0.717) is 39.3 Å². The smallest absolute Gasteiger partial charge is 0.257 e. The fourth-order valence-electron chi connectivity index (χ4n) is 2.70. The molecule has 0 aliphatic carbocycles. The van der Waals surface area contributed by atoms with Gasteiger partial charge in [-0.1, -0.05) is 35.3 Å². The molecule has 0 spiro atoms. The predicted molar refractivity (Wildman–Crippen MR) is 121 cm³/mol. The van der Waals surface area contributed by atoms with Gasteiger partial charge in [-0.2, -0.15) is 4.98 Å². The van der Waals surface area contributed by atoms with Crippen molar-refractivity contribution < 1.29 is 9.21 Å². The third kappa shape index (κ3) is 4.59. The molecule has 0 atom stereocenters. The number of nitrogens with zero attached hydrogens (tertiary/aromatic N) is 2. The standard InChI is InChI=1S/C21H14Cl2N4O2S/c22-15-8-7-14(10-16(15)23)19(28)27-21(30)25-11-12-3-5-13(6-4-12)20-26-18-17(29-20)2-1-9-24-18/h1-10H,11H2,(H2,25,27,28,30). The number of carbonyl (C=O) groups is 1. The highest BCUT2D eigenvalue weighted by molar-refractivity contribution is 7.80. The maximum Gasteiger partial charge on any atom is 0.257 e. The summed E-state index contributed by atoms with van der Waals surface area (Å²) in [6.07, 6.45) is 1.67. The normalized spacial score (nSPS) is 10.7. The first-order valence-corrected chi connectivity index (χ1v) is 10.0. The van der Waals surface area contributed by atoms with Gasteiger partial charge in [0.05, 0.1) is 10.0 Å². The molecule has 6 nitrogen and oxygen atoms in total. The molecule has 0 saturated heterocycles. The van der Waals surface area contributed by atoms with Crippen molar-refractivity contribution in [3.63, 3.8) is 0 Å². The summed E-state index contributed by atoms with van der Waals surface area (Å²) in [4.78, 5) is 20.8. The minimum Gasteiger partial charge on any atom is -0.434 e. The van der Waals surface area contributed by atoms with Crippen LogP contribution in [0, 0.1) is 0 Å². The lowest BCUT2D eigenvalue weighted by atomic mass is 10.1. The highest BCUT2D eigenvalue weighted by Crippen LogP contribution is 2.24. The van der Waals surface area contributed by atoms with Crippen LogP contribution in [0.15, 0.2) is 65.2 Å². The lowest BCUT2D eigenvalue weighted by Crippen LogP contribution is -2.38. The average Bonchev–Trinajstić information content (AvgIpc) is 3.19. The molecule has 1 amide bonds. The summed E-state index contributed by atoms with van der Waals surface area (Å²) in [7, 11) is 0. The Bertz CT molecular complexity index is 1210. The summed E-state index contributed by atoms with van der Waals surface area (Å²) in [6, 6.07) is 15.9. The molecule has 2 aromatic carbocycles. The number of thiocarbonyl (C=S) groups is 1. The molecule has 2 N–H and O–H groups in total. The van der Waals surface area contributed by atoms with Gasteiger partial charge in [0, 0.05) is 23.9 Å². The van der Waals surface area contributed by atoms with E-state index in [1.54, 1.807) is 24.4 Å². The first-order chi connectivity index (χ1) is 14.5. The van der Waals surface area contributed by atoms with Crippen molar-refractivity contribution in [1.82, 2.24) is 20.6 Å². The molecule has 0 aliphatic rings. The number of pyridine rings is 1. The van der Waals surface area contributed by atoms with Gasteiger partial charge in [-0.25, -0.2) is 4.98 Å². The summed E-state index contributed by atoms with van der Waals surface area (Å²) in [6.45, 7) is 0.440. The van der Waals surface area contributed by atoms with Gasteiger partial charge in [-0.3, -0.25) is 10.1 Å². The van der Waals surface area contributed by atoms with Crippen molar-refractivity contribution in [2.75, 3.05) is 0 Å². The Balaban J connectivity index is 1.35. The Morgan fingerprint density at radius 1 is 1.07 bits per heavy atom. The van der Waals surface area contributed by atoms with Crippen molar-refractivity contribution >= 4 is 57.7 Å². The largest absolute Gasteiger partial charge is 0.434 e. The van der Waals surface area contributed by atoms with Crippen molar-refractivity contribution in [2.45, 2.75) is 6.54 Å². The highest BCUT2D eigenvalue weighted by Gasteiger charge is 2.11. The Hall–Kier alpha value is -3.00. The van der Waals surface area contributed by atoms with E-state index in [1.807, 2.05) is 30.3 Å². The van der Waals surface area contributed by atoms with Gasteiger partial charge in [0.25, 0.3) is 5.91 Å². The molecule has 2 aromatic heterocycles. The van der Waals surface area contributed by atoms with Crippen LogP contribution in [0.2, 0.25) is 10.0 Å². The molecule has 4 rings (SSSR count). The molecule has 0 fully saturated rings. The number of aromatic nitrogens is 2. The number of benzene rings is 2. The van der Waals surface area contributed by atoms with E-state index in [4.69, 9.17) is 39.8 Å². The highest BCUT2D eigenvalue weighted by atomic mass is 35.5. The predicted octanol–water partition coefficient (Wildman–Crippen LogP) is 5.00. The quantitative estimate of drug-likeness (QED) is 0.420. The first-order valence-electron chi connectivity index (χ1n) is 8.85. The number of amides is 1. The van der Waals surface area contributed by atoms with Gasteiger partial charge in [0.1, 0.15) is 0 Å². The van der Waals surface area contributed by atoms with Gasteiger partial charge in [-0.05, 0) is 60.2 Å². The van der Waals surface area contributed by atoms with Crippen molar-refractivity contribution in [3.8, 4) is 11.5 Å². The lowest BCUT2D eigenvalue weighted by molar-refractivity contribution is 0.0976. The zero-order valence-corrected chi connectivity index (χ0v) is 17.7. The molecular weight excluding hydrogens is 443 g/mol. The molecule has 0 bridgehead atoms. The number of hydrogen-bond donors (Lipinski definition) is 2. The van der Waals surface area contributed by atoms with E-state index in [1.165, 1.54) is 6.07 Å². The number of halogens is 2. The van der Waals surface area contributed by atoms with Gasteiger partial charge in [-0.15, -0.1) is 0 Å². The minimum atomic E-state index is -0.369. The maximum atomic E-state index is 12.2. The third-order valence-corrected chi connectivity index (χ3v) is 5.21.